The number of carbonyl (C=O) groups is 2. The summed E-state index contributed by atoms with van der Waals surface area (Å²) in [6.07, 6.45) is 0. The van der Waals surface area contributed by atoms with E-state index in [2.05, 4.69) is 10.6 Å². The molecule has 0 spiro atoms. The molecular weight excluding hydrogens is 228 g/mol. The van der Waals surface area contributed by atoms with Gasteiger partial charge in [-0.2, -0.15) is 11.3 Å². The number of nitrogens with one attached hydrogen (secondary N) is 2. The van der Waals surface area contributed by atoms with Crippen molar-refractivity contribution in [3.8, 4) is 0 Å². The highest BCUT2D eigenvalue weighted by atomic mass is 32.1. The molecule has 1 rings (SSSR count). The first-order chi connectivity index (χ1) is 7.50. The normalized spacial score (nSPS) is 12.2. The second-order valence-corrected chi connectivity index (χ2v) is 4.45. The van der Waals surface area contributed by atoms with Crippen molar-refractivity contribution in [2.24, 2.45) is 5.92 Å². The Kier molecular flexibility index (Phi) is 4.30. The molecule has 0 aliphatic heterocycles. The van der Waals surface area contributed by atoms with Crippen molar-refractivity contribution in [2.75, 3.05) is 5.32 Å². The van der Waals surface area contributed by atoms with Crippen LogP contribution in [0.3, 0.4) is 0 Å². The van der Waals surface area contributed by atoms with Crippen molar-refractivity contribution in [1.29, 1.82) is 0 Å². The number of thiophene rings is 1. The van der Waals surface area contributed by atoms with Gasteiger partial charge in [-0.15, -0.1) is 0 Å². The Bertz CT molecular complexity index is 362. The largest absolute Gasteiger partial charge is 0.480 e. The van der Waals surface area contributed by atoms with Crippen molar-refractivity contribution in [3.63, 3.8) is 0 Å². The summed E-state index contributed by atoms with van der Waals surface area (Å²) in [5.74, 6) is -1.19. The number of carbonyl (C=O) groups excluding carboxylic acids is 1. The molecule has 1 aromatic heterocycles. The Morgan fingerprint density at radius 3 is 2.56 bits per heavy atom. The number of hydrogen-bond donors (Lipinski definition) is 3. The van der Waals surface area contributed by atoms with Gasteiger partial charge in [0.2, 0.25) is 0 Å². The Labute approximate surface area is 97.5 Å². The molecule has 2 amide bonds. The monoisotopic (exact) mass is 242 g/mol. The van der Waals surface area contributed by atoms with Crippen LogP contribution in [-0.2, 0) is 4.79 Å². The topological polar surface area (TPSA) is 78.4 Å². The zero-order valence-electron chi connectivity index (χ0n) is 9.06. The van der Waals surface area contributed by atoms with Crippen LogP contribution in [0.15, 0.2) is 16.8 Å². The second-order valence-electron chi connectivity index (χ2n) is 3.67. The molecule has 0 bridgehead atoms. The van der Waals surface area contributed by atoms with Gasteiger partial charge in [0.15, 0.2) is 0 Å². The maximum absolute atomic E-state index is 11.4. The Morgan fingerprint density at radius 1 is 1.44 bits per heavy atom. The van der Waals surface area contributed by atoms with Crippen molar-refractivity contribution < 1.29 is 14.7 Å². The summed E-state index contributed by atoms with van der Waals surface area (Å²) in [4.78, 5) is 22.3. The molecule has 1 aromatic rings. The Balaban J connectivity index is 2.52. The summed E-state index contributed by atoms with van der Waals surface area (Å²) in [7, 11) is 0. The van der Waals surface area contributed by atoms with Crippen molar-refractivity contribution in [3.05, 3.63) is 16.8 Å². The Morgan fingerprint density at radius 2 is 2.12 bits per heavy atom. The average Bonchev–Trinajstić information content (AvgIpc) is 2.65. The third-order valence-electron chi connectivity index (χ3n) is 2.00. The van der Waals surface area contributed by atoms with Crippen molar-refractivity contribution in [1.82, 2.24) is 5.32 Å². The van der Waals surface area contributed by atoms with Crippen LogP contribution in [0.1, 0.15) is 13.8 Å². The zero-order valence-corrected chi connectivity index (χ0v) is 9.88. The summed E-state index contributed by atoms with van der Waals surface area (Å²) in [5, 5.41) is 17.4. The predicted molar refractivity (Wildman–Crippen MR) is 62.7 cm³/mol. The fourth-order valence-corrected chi connectivity index (χ4v) is 1.75. The van der Waals surface area contributed by atoms with Gasteiger partial charge < -0.3 is 15.7 Å². The highest BCUT2D eigenvalue weighted by Crippen LogP contribution is 2.11. The van der Waals surface area contributed by atoms with E-state index in [1.54, 1.807) is 25.3 Å². The summed E-state index contributed by atoms with van der Waals surface area (Å²) in [5.41, 5.74) is 0.662. The molecule has 1 heterocycles. The molecular formula is C10H14N2O3S. The standard InChI is InChI=1S/C10H14N2O3S/c1-6(2)8(9(13)14)12-10(15)11-7-3-4-16-5-7/h3-6,8H,1-2H3,(H,13,14)(H2,11,12,15)/t8-/m0/s1. The number of rotatable bonds is 4. The molecule has 0 saturated carbocycles. The SMILES string of the molecule is CC(C)[C@H](NC(=O)Nc1ccsc1)C(=O)O. The van der Waals surface area contributed by atoms with Gasteiger partial charge in [-0.05, 0) is 17.4 Å². The van der Waals surface area contributed by atoms with Gasteiger partial charge in [-0.3, -0.25) is 0 Å². The summed E-state index contributed by atoms with van der Waals surface area (Å²) < 4.78 is 0. The Hall–Kier alpha value is -1.56. The minimum atomic E-state index is -1.03. The molecule has 0 saturated heterocycles. The summed E-state index contributed by atoms with van der Waals surface area (Å²) in [6, 6.07) is 0.369. The lowest BCUT2D eigenvalue weighted by molar-refractivity contribution is -0.140. The fourth-order valence-electron chi connectivity index (χ4n) is 1.16. The molecule has 0 fully saturated rings. The number of hydrogen-bond acceptors (Lipinski definition) is 3. The molecule has 6 heteroatoms. The number of amides is 2. The predicted octanol–water partition coefficient (Wildman–Crippen LogP) is 1.98. The molecule has 0 aliphatic rings. The lowest BCUT2D eigenvalue weighted by atomic mass is 10.1. The van der Waals surface area contributed by atoms with Crippen molar-refractivity contribution in [2.45, 2.75) is 19.9 Å². The first kappa shape index (κ1) is 12.5. The van der Waals surface area contributed by atoms with E-state index in [4.69, 9.17) is 5.11 Å². The van der Waals surface area contributed by atoms with Gasteiger partial charge in [-0.1, -0.05) is 13.8 Å². The van der Waals surface area contributed by atoms with Gasteiger partial charge in [0.25, 0.3) is 0 Å². The number of aliphatic carboxylic acids is 1. The molecule has 5 nitrogen and oxygen atoms in total. The van der Waals surface area contributed by atoms with E-state index in [0.717, 1.165) is 0 Å². The van der Waals surface area contributed by atoms with Crippen LogP contribution < -0.4 is 10.6 Å². The van der Waals surface area contributed by atoms with E-state index in [1.165, 1.54) is 11.3 Å². The van der Waals surface area contributed by atoms with Gasteiger partial charge >= 0.3 is 12.0 Å². The highest BCUT2D eigenvalue weighted by molar-refractivity contribution is 7.08. The van der Waals surface area contributed by atoms with Crippen LogP contribution in [0.25, 0.3) is 0 Å². The van der Waals surface area contributed by atoms with E-state index < -0.39 is 18.0 Å². The minimum Gasteiger partial charge on any atom is -0.480 e. The minimum absolute atomic E-state index is 0.161. The second kappa shape index (κ2) is 5.50. The molecule has 16 heavy (non-hydrogen) atoms. The molecule has 3 N–H and O–H groups in total. The van der Waals surface area contributed by atoms with E-state index >= 15 is 0 Å². The van der Waals surface area contributed by atoms with E-state index in [0.29, 0.717) is 5.69 Å². The van der Waals surface area contributed by atoms with Crippen LogP contribution in [-0.4, -0.2) is 23.1 Å². The first-order valence-corrected chi connectivity index (χ1v) is 5.77. The van der Waals surface area contributed by atoms with E-state index in [9.17, 15) is 9.59 Å². The third-order valence-corrected chi connectivity index (χ3v) is 2.68. The van der Waals surface area contributed by atoms with E-state index in [-0.39, 0.29) is 5.92 Å². The van der Waals surface area contributed by atoms with Crippen LogP contribution >= 0.6 is 11.3 Å². The maximum Gasteiger partial charge on any atom is 0.326 e. The van der Waals surface area contributed by atoms with Crippen LogP contribution in [0.4, 0.5) is 10.5 Å². The molecule has 0 aliphatic carbocycles. The lowest BCUT2D eigenvalue weighted by Crippen LogP contribution is -2.46. The quantitative estimate of drug-likeness (QED) is 0.755. The molecule has 1 atom stereocenters. The number of anilines is 1. The van der Waals surface area contributed by atoms with E-state index in [1.807, 2.05) is 5.38 Å². The lowest BCUT2D eigenvalue weighted by Gasteiger charge is -2.17. The van der Waals surface area contributed by atoms with Crippen LogP contribution in [0.5, 0.6) is 0 Å². The fraction of sp³-hybridized carbons (Fsp3) is 0.400. The van der Waals surface area contributed by atoms with Gasteiger partial charge in [0.05, 0.1) is 5.69 Å². The summed E-state index contributed by atoms with van der Waals surface area (Å²) in [6.45, 7) is 3.48. The average molecular weight is 242 g/mol. The molecule has 88 valence electrons. The third kappa shape index (κ3) is 3.54. The van der Waals surface area contributed by atoms with Gasteiger partial charge in [0, 0.05) is 5.38 Å². The number of carboxylic acid groups (broad SMARTS) is 1. The smallest absolute Gasteiger partial charge is 0.326 e. The van der Waals surface area contributed by atoms with Gasteiger partial charge in [0.1, 0.15) is 6.04 Å². The summed E-state index contributed by atoms with van der Waals surface area (Å²) >= 11 is 1.45. The van der Waals surface area contributed by atoms with Crippen molar-refractivity contribution >= 4 is 29.0 Å². The zero-order chi connectivity index (χ0) is 12.1. The van der Waals surface area contributed by atoms with Crippen LogP contribution in [0.2, 0.25) is 0 Å². The van der Waals surface area contributed by atoms with Crippen LogP contribution in [0, 0.1) is 5.92 Å². The number of carboxylic acids is 1. The molecule has 0 unspecified atom stereocenters. The van der Waals surface area contributed by atoms with Gasteiger partial charge in [-0.25, -0.2) is 9.59 Å². The first-order valence-electron chi connectivity index (χ1n) is 4.83. The number of urea groups is 1. The molecule has 0 aromatic carbocycles. The maximum atomic E-state index is 11.4. The molecule has 0 radical (unpaired) electrons. The highest BCUT2D eigenvalue weighted by Gasteiger charge is 2.23.